The summed E-state index contributed by atoms with van der Waals surface area (Å²) in [6.07, 6.45) is 0.676. The quantitative estimate of drug-likeness (QED) is 0.796. The topological polar surface area (TPSA) is 58.6 Å². The van der Waals surface area contributed by atoms with Crippen molar-refractivity contribution in [3.05, 3.63) is 29.3 Å². The predicted octanol–water partition coefficient (Wildman–Crippen LogP) is 1.85. The molecule has 4 nitrogen and oxygen atoms in total. The van der Waals surface area contributed by atoms with E-state index >= 15 is 0 Å². The van der Waals surface area contributed by atoms with Gasteiger partial charge in [0, 0.05) is 18.2 Å². The van der Waals surface area contributed by atoms with Crippen LogP contribution in [0.2, 0.25) is 5.02 Å². The van der Waals surface area contributed by atoms with E-state index in [1.165, 1.54) is 0 Å². The van der Waals surface area contributed by atoms with Crippen molar-refractivity contribution in [2.45, 2.75) is 13.3 Å². The molecule has 1 unspecified atom stereocenters. The van der Waals surface area contributed by atoms with E-state index in [1.54, 1.807) is 24.3 Å². The minimum absolute atomic E-state index is 0.0355. The van der Waals surface area contributed by atoms with Gasteiger partial charge in [-0.2, -0.15) is 0 Å². The third kappa shape index (κ3) is 5.89. The highest BCUT2D eigenvalue weighted by Crippen LogP contribution is 2.16. The minimum atomic E-state index is -0.181. The molecular formula is C13H18ClNO3. The molecule has 0 aliphatic heterocycles. The van der Waals surface area contributed by atoms with Crippen LogP contribution in [0.5, 0.6) is 5.75 Å². The molecule has 1 amide bonds. The summed E-state index contributed by atoms with van der Waals surface area (Å²) in [5.74, 6) is 0.644. The van der Waals surface area contributed by atoms with Crippen molar-refractivity contribution >= 4 is 17.5 Å². The summed E-state index contributed by atoms with van der Waals surface area (Å²) in [7, 11) is 0. The molecule has 100 valence electrons. The van der Waals surface area contributed by atoms with Crippen LogP contribution in [0.25, 0.3) is 0 Å². The smallest absolute Gasteiger partial charge is 0.257 e. The van der Waals surface area contributed by atoms with Gasteiger partial charge in [0.05, 0.1) is 0 Å². The van der Waals surface area contributed by atoms with E-state index in [4.69, 9.17) is 21.4 Å². The zero-order valence-electron chi connectivity index (χ0n) is 10.4. The number of aliphatic hydroxyl groups is 1. The lowest BCUT2D eigenvalue weighted by Crippen LogP contribution is -2.32. The number of halogens is 1. The SMILES string of the molecule is CC(CCO)CNC(=O)COc1cccc(Cl)c1. The summed E-state index contributed by atoms with van der Waals surface area (Å²) >= 11 is 5.79. The fourth-order valence-corrected chi connectivity index (χ4v) is 1.55. The van der Waals surface area contributed by atoms with Gasteiger partial charge in [-0.25, -0.2) is 0 Å². The number of hydrogen-bond acceptors (Lipinski definition) is 3. The summed E-state index contributed by atoms with van der Waals surface area (Å²) in [4.78, 5) is 11.5. The van der Waals surface area contributed by atoms with Gasteiger partial charge < -0.3 is 15.2 Å². The van der Waals surface area contributed by atoms with Crippen LogP contribution < -0.4 is 10.1 Å². The van der Waals surface area contributed by atoms with Crippen molar-refractivity contribution < 1.29 is 14.6 Å². The summed E-state index contributed by atoms with van der Waals surface area (Å²) in [5.41, 5.74) is 0. The Bertz CT molecular complexity index is 384. The second-order valence-electron chi connectivity index (χ2n) is 4.17. The third-order valence-corrected chi connectivity index (χ3v) is 2.67. The third-order valence-electron chi connectivity index (χ3n) is 2.44. The van der Waals surface area contributed by atoms with Crippen LogP contribution in [0.3, 0.4) is 0 Å². The molecule has 0 saturated carbocycles. The van der Waals surface area contributed by atoms with E-state index in [1.807, 2.05) is 6.92 Å². The van der Waals surface area contributed by atoms with Gasteiger partial charge >= 0.3 is 0 Å². The van der Waals surface area contributed by atoms with Crippen LogP contribution in [0.1, 0.15) is 13.3 Å². The van der Waals surface area contributed by atoms with Crippen LogP contribution >= 0.6 is 11.6 Å². The Morgan fingerprint density at radius 2 is 2.33 bits per heavy atom. The standard InChI is InChI=1S/C13H18ClNO3/c1-10(5-6-16)8-15-13(17)9-18-12-4-2-3-11(14)7-12/h2-4,7,10,16H,5-6,8-9H2,1H3,(H,15,17). The van der Waals surface area contributed by atoms with E-state index in [9.17, 15) is 4.79 Å². The Morgan fingerprint density at radius 1 is 1.56 bits per heavy atom. The molecule has 1 aromatic rings. The maximum atomic E-state index is 11.5. The highest BCUT2D eigenvalue weighted by atomic mass is 35.5. The lowest BCUT2D eigenvalue weighted by Gasteiger charge is -2.11. The number of aliphatic hydroxyl groups excluding tert-OH is 1. The molecule has 1 rings (SSSR count). The number of carbonyl (C=O) groups is 1. The van der Waals surface area contributed by atoms with Gasteiger partial charge in [0.25, 0.3) is 5.91 Å². The summed E-state index contributed by atoms with van der Waals surface area (Å²) in [5, 5.41) is 12.0. The first-order valence-electron chi connectivity index (χ1n) is 5.87. The molecule has 18 heavy (non-hydrogen) atoms. The zero-order valence-corrected chi connectivity index (χ0v) is 11.1. The summed E-state index contributed by atoms with van der Waals surface area (Å²) < 4.78 is 5.30. The van der Waals surface area contributed by atoms with Gasteiger partial charge in [0.2, 0.25) is 0 Å². The first-order chi connectivity index (χ1) is 8.61. The molecule has 0 spiro atoms. The van der Waals surface area contributed by atoms with Gasteiger partial charge in [0.15, 0.2) is 6.61 Å². The lowest BCUT2D eigenvalue weighted by molar-refractivity contribution is -0.123. The van der Waals surface area contributed by atoms with Crippen molar-refractivity contribution in [3.8, 4) is 5.75 Å². The summed E-state index contributed by atoms with van der Waals surface area (Å²) in [6.45, 7) is 2.61. The average Bonchev–Trinajstić information content (AvgIpc) is 2.34. The molecule has 0 aromatic heterocycles. The van der Waals surface area contributed by atoms with E-state index in [-0.39, 0.29) is 25.0 Å². The lowest BCUT2D eigenvalue weighted by atomic mass is 10.1. The van der Waals surface area contributed by atoms with Crippen LogP contribution in [-0.2, 0) is 4.79 Å². The predicted molar refractivity (Wildman–Crippen MR) is 70.8 cm³/mol. The maximum Gasteiger partial charge on any atom is 0.257 e. The van der Waals surface area contributed by atoms with E-state index in [0.29, 0.717) is 23.7 Å². The average molecular weight is 272 g/mol. The van der Waals surface area contributed by atoms with Crippen LogP contribution in [0.4, 0.5) is 0 Å². The van der Waals surface area contributed by atoms with Gasteiger partial charge in [-0.15, -0.1) is 0 Å². The van der Waals surface area contributed by atoms with Crippen molar-refractivity contribution in [2.24, 2.45) is 5.92 Å². The van der Waals surface area contributed by atoms with Gasteiger partial charge in [-0.3, -0.25) is 4.79 Å². The normalized spacial score (nSPS) is 11.9. The Morgan fingerprint density at radius 3 is 3.00 bits per heavy atom. The molecule has 0 saturated heterocycles. The van der Waals surface area contributed by atoms with Crippen molar-refractivity contribution in [1.82, 2.24) is 5.32 Å². The fourth-order valence-electron chi connectivity index (χ4n) is 1.37. The first kappa shape index (κ1) is 14.8. The molecule has 2 N–H and O–H groups in total. The zero-order chi connectivity index (χ0) is 13.4. The largest absolute Gasteiger partial charge is 0.484 e. The van der Waals surface area contributed by atoms with E-state index < -0.39 is 0 Å². The second-order valence-corrected chi connectivity index (χ2v) is 4.60. The summed E-state index contributed by atoms with van der Waals surface area (Å²) in [6, 6.07) is 6.90. The number of ether oxygens (including phenoxy) is 1. The molecule has 1 atom stereocenters. The molecule has 0 radical (unpaired) electrons. The Labute approximate surface area is 112 Å². The molecule has 0 bridgehead atoms. The number of benzene rings is 1. The van der Waals surface area contributed by atoms with Crippen LogP contribution in [-0.4, -0.2) is 30.8 Å². The van der Waals surface area contributed by atoms with Crippen LogP contribution in [0.15, 0.2) is 24.3 Å². The van der Waals surface area contributed by atoms with Crippen molar-refractivity contribution in [3.63, 3.8) is 0 Å². The van der Waals surface area contributed by atoms with Gasteiger partial charge in [-0.05, 0) is 30.5 Å². The molecule has 5 heteroatoms. The Hall–Kier alpha value is -1.26. The molecule has 1 aromatic carbocycles. The number of amides is 1. The molecular weight excluding hydrogens is 254 g/mol. The maximum absolute atomic E-state index is 11.5. The molecule has 0 aliphatic rings. The highest BCUT2D eigenvalue weighted by Gasteiger charge is 2.06. The van der Waals surface area contributed by atoms with E-state index in [2.05, 4.69) is 5.32 Å². The Kier molecular flexibility index (Phi) is 6.54. The van der Waals surface area contributed by atoms with Gasteiger partial charge in [0.1, 0.15) is 5.75 Å². The minimum Gasteiger partial charge on any atom is -0.484 e. The number of hydrogen-bond donors (Lipinski definition) is 2. The van der Waals surface area contributed by atoms with Gasteiger partial charge in [-0.1, -0.05) is 24.6 Å². The first-order valence-corrected chi connectivity index (χ1v) is 6.25. The van der Waals surface area contributed by atoms with E-state index in [0.717, 1.165) is 0 Å². The monoisotopic (exact) mass is 271 g/mol. The fraction of sp³-hybridized carbons (Fsp3) is 0.462. The highest BCUT2D eigenvalue weighted by molar-refractivity contribution is 6.30. The number of carbonyl (C=O) groups excluding carboxylic acids is 1. The number of rotatable bonds is 7. The van der Waals surface area contributed by atoms with Crippen molar-refractivity contribution in [1.29, 1.82) is 0 Å². The Balaban J connectivity index is 2.25. The second kappa shape index (κ2) is 7.95. The molecule has 0 aliphatic carbocycles. The molecule has 0 heterocycles. The van der Waals surface area contributed by atoms with Crippen LogP contribution in [0, 0.1) is 5.92 Å². The molecule has 0 fully saturated rings. The van der Waals surface area contributed by atoms with Crippen molar-refractivity contribution in [2.75, 3.05) is 19.8 Å². The number of nitrogens with one attached hydrogen (secondary N) is 1.